The topological polar surface area (TPSA) is 58.0 Å². The maximum absolute atomic E-state index is 12.1. The molecule has 2 aromatic carbocycles. The van der Waals surface area contributed by atoms with Crippen molar-refractivity contribution in [1.29, 1.82) is 4.78 Å². The van der Waals surface area contributed by atoms with E-state index in [1.165, 1.54) is 0 Å². The molecule has 0 aliphatic carbocycles. The zero-order chi connectivity index (χ0) is 14.7. The van der Waals surface area contributed by atoms with E-state index in [9.17, 15) is 9.59 Å². The van der Waals surface area contributed by atoms with Gasteiger partial charge in [-0.1, -0.05) is 59.7 Å². The summed E-state index contributed by atoms with van der Waals surface area (Å²) >= 11 is 0. The molecule has 0 radical (unpaired) electrons. The van der Waals surface area contributed by atoms with Crippen molar-refractivity contribution >= 4 is 20.9 Å². The van der Waals surface area contributed by atoms with E-state index >= 15 is 0 Å². The average Bonchev–Trinajstić information content (AvgIpc) is 2.46. The highest BCUT2D eigenvalue weighted by molar-refractivity contribution is 8.15. The van der Waals surface area contributed by atoms with Gasteiger partial charge in [0.15, 0.2) is 0 Å². The molecule has 0 amide bonds. The molecule has 0 aliphatic heterocycles. The molecule has 20 heavy (non-hydrogen) atoms. The number of carbonyl (C=O) groups excluding carboxylic acids is 2. The van der Waals surface area contributed by atoms with E-state index in [0.717, 1.165) is 11.1 Å². The second-order valence-corrected chi connectivity index (χ2v) is 5.97. The molecule has 0 aromatic heterocycles. The first-order valence-corrected chi connectivity index (χ1v) is 7.39. The van der Waals surface area contributed by atoms with E-state index in [-0.39, 0.29) is 0 Å². The molecule has 2 rings (SSSR count). The summed E-state index contributed by atoms with van der Waals surface area (Å²) in [4.78, 5) is 24.3. The lowest BCUT2D eigenvalue weighted by molar-refractivity contribution is 0.105. The number of benzene rings is 2. The van der Waals surface area contributed by atoms with Crippen molar-refractivity contribution in [3.05, 3.63) is 70.8 Å². The van der Waals surface area contributed by atoms with Crippen LogP contribution in [0.3, 0.4) is 0 Å². The highest BCUT2D eigenvalue weighted by atomic mass is 32.2. The van der Waals surface area contributed by atoms with E-state index in [4.69, 9.17) is 4.78 Å². The molecule has 3 nitrogen and oxygen atoms in total. The molecule has 0 saturated heterocycles. The molecule has 2 aromatic rings. The molecule has 1 N–H and O–H groups in total. The van der Waals surface area contributed by atoms with Crippen LogP contribution in [0.2, 0.25) is 0 Å². The first-order chi connectivity index (χ1) is 9.49. The van der Waals surface area contributed by atoms with Crippen LogP contribution < -0.4 is 0 Å². The minimum atomic E-state index is -1.70. The molecule has 0 spiro atoms. The van der Waals surface area contributed by atoms with Gasteiger partial charge in [-0.15, -0.1) is 0 Å². The zero-order valence-corrected chi connectivity index (χ0v) is 12.2. The molecular formula is C16H15NO2S. The summed E-state index contributed by atoms with van der Waals surface area (Å²) in [6.07, 6.45) is 0. The SMILES string of the molecule is Cc1ccc(C(=O)S(=N)C(=O)c2ccc(C)cc2)cc1. The highest BCUT2D eigenvalue weighted by Gasteiger charge is 2.19. The molecule has 0 aliphatic rings. The van der Waals surface area contributed by atoms with Gasteiger partial charge in [-0.05, 0) is 13.8 Å². The minimum absolute atomic E-state index is 0.411. The number of rotatable bonds is 2. The number of hydrogen-bond donors (Lipinski definition) is 1. The van der Waals surface area contributed by atoms with Crippen molar-refractivity contribution in [1.82, 2.24) is 0 Å². The lowest BCUT2D eigenvalue weighted by Gasteiger charge is -2.05. The third-order valence-electron chi connectivity index (χ3n) is 2.95. The Morgan fingerprint density at radius 2 is 1.05 bits per heavy atom. The smallest absolute Gasteiger partial charge is 0.237 e. The van der Waals surface area contributed by atoms with Crippen molar-refractivity contribution in [3.63, 3.8) is 0 Å². The number of nitrogens with one attached hydrogen (secondary N) is 1. The molecule has 0 heterocycles. The summed E-state index contributed by atoms with van der Waals surface area (Å²) in [5.41, 5.74) is 2.90. The van der Waals surface area contributed by atoms with Gasteiger partial charge in [-0.2, -0.15) is 0 Å². The minimum Gasteiger partial charge on any atom is -0.280 e. The Kier molecular flexibility index (Phi) is 4.25. The van der Waals surface area contributed by atoms with Crippen LogP contribution in [0.15, 0.2) is 48.5 Å². The lowest BCUT2D eigenvalue weighted by Crippen LogP contribution is -2.16. The fourth-order valence-electron chi connectivity index (χ4n) is 1.70. The van der Waals surface area contributed by atoms with Gasteiger partial charge < -0.3 is 0 Å². The Labute approximate surface area is 120 Å². The van der Waals surface area contributed by atoms with Gasteiger partial charge in [-0.3, -0.25) is 14.4 Å². The van der Waals surface area contributed by atoms with E-state index in [2.05, 4.69) is 0 Å². The number of carbonyl (C=O) groups is 2. The summed E-state index contributed by atoms with van der Waals surface area (Å²) in [5.74, 6) is 0. The quantitative estimate of drug-likeness (QED) is 0.915. The first-order valence-electron chi connectivity index (χ1n) is 6.16. The largest absolute Gasteiger partial charge is 0.280 e. The lowest BCUT2D eigenvalue weighted by atomic mass is 10.2. The predicted molar refractivity (Wildman–Crippen MR) is 81.1 cm³/mol. The van der Waals surface area contributed by atoms with Crippen molar-refractivity contribution in [2.45, 2.75) is 13.8 Å². The highest BCUT2D eigenvalue weighted by Crippen LogP contribution is 2.12. The van der Waals surface area contributed by atoms with Gasteiger partial charge in [0.05, 0.1) is 0 Å². The Bertz CT molecular complexity index is 613. The van der Waals surface area contributed by atoms with Crippen molar-refractivity contribution in [2.24, 2.45) is 0 Å². The molecule has 0 atom stereocenters. The van der Waals surface area contributed by atoms with Crippen molar-refractivity contribution in [3.8, 4) is 0 Å². The zero-order valence-electron chi connectivity index (χ0n) is 11.3. The molecular weight excluding hydrogens is 270 g/mol. The van der Waals surface area contributed by atoms with E-state index in [1.807, 2.05) is 13.8 Å². The van der Waals surface area contributed by atoms with Crippen LogP contribution in [-0.4, -0.2) is 10.2 Å². The molecule has 0 unspecified atom stereocenters. The van der Waals surface area contributed by atoms with Crippen LogP contribution in [0, 0.1) is 18.6 Å². The summed E-state index contributed by atoms with van der Waals surface area (Å²) in [6, 6.07) is 13.9. The van der Waals surface area contributed by atoms with Crippen LogP contribution in [0.25, 0.3) is 0 Å². The first kappa shape index (κ1) is 14.3. The van der Waals surface area contributed by atoms with Crippen LogP contribution >= 0.6 is 0 Å². The average molecular weight is 285 g/mol. The van der Waals surface area contributed by atoms with Gasteiger partial charge in [-0.25, -0.2) is 0 Å². The second-order valence-electron chi connectivity index (χ2n) is 4.61. The van der Waals surface area contributed by atoms with E-state index in [0.29, 0.717) is 11.1 Å². The fourth-order valence-corrected chi connectivity index (χ4v) is 2.61. The Morgan fingerprint density at radius 3 is 1.35 bits per heavy atom. The summed E-state index contributed by atoms with van der Waals surface area (Å²) in [5, 5.41) is -0.869. The van der Waals surface area contributed by atoms with Crippen LogP contribution in [0.1, 0.15) is 31.8 Å². The Hall–Kier alpha value is -2.07. The number of aryl methyl sites for hydroxylation is 2. The van der Waals surface area contributed by atoms with Crippen LogP contribution in [-0.2, 0) is 10.7 Å². The molecule has 0 bridgehead atoms. The summed E-state index contributed by atoms with van der Waals surface area (Å²) in [6.45, 7) is 3.85. The maximum atomic E-state index is 12.1. The van der Waals surface area contributed by atoms with Crippen molar-refractivity contribution in [2.75, 3.05) is 0 Å². The van der Waals surface area contributed by atoms with E-state index < -0.39 is 20.9 Å². The Balaban J connectivity index is 2.22. The van der Waals surface area contributed by atoms with Gasteiger partial charge in [0.25, 0.3) is 0 Å². The van der Waals surface area contributed by atoms with E-state index in [1.54, 1.807) is 48.5 Å². The van der Waals surface area contributed by atoms with Gasteiger partial charge in [0.2, 0.25) is 10.2 Å². The third kappa shape index (κ3) is 3.08. The molecule has 102 valence electrons. The van der Waals surface area contributed by atoms with Gasteiger partial charge >= 0.3 is 0 Å². The molecule has 0 saturated carbocycles. The van der Waals surface area contributed by atoms with Crippen LogP contribution in [0.5, 0.6) is 0 Å². The second kappa shape index (κ2) is 5.92. The third-order valence-corrected chi connectivity index (χ3v) is 4.16. The van der Waals surface area contributed by atoms with Crippen LogP contribution in [0.4, 0.5) is 0 Å². The Morgan fingerprint density at radius 1 is 0.750 bits per heavy atom. The molecule has 0 fully saturated rings. The van der Waals surface area contributed by atoms with Gasteiger partial charge in [0.1, 0.15) is 0 Å². The number of hydrogen-bond acceptors (Lipinski definition) is 3. The normalized spacial score (nSPS) is 10.6. The maximum Gasteiger partial charge on any atom is 0.237 e. The van der Waals surface area contributed by atoms with Crippen molar-refractivity contribution < 1.29 is 9.59 Å². The summed E-state index contributed by atoms with van der Waals surface area (Å²) in [7, 11) is -1.70. The fraction of sp³-hybridized carbons (Fsp3) is 0.125. The van der Waals surface area contributed by atoms with Gasteiger partial charge in [0, 0.05) is 21.8 Å². The predicted octanol–water partition coefficient (Wildman–Crippen LogP) is 3.66. The monoisotopic (exact) mass is 285 g/mol. The molecule has 4 heteroatoms. The standard InChI is InChI=1S/C16H15NO2S/c1-11-3-7-13(8-4-11)15(18)20(17)16(19)14-9-5-12(2)6-10-14/h3-10,17H,1-2H3. The summed E-state index contributed by atoms with van der Waals surface area (Å²) < 4.78 is 7.89.